The Morgan fingerprint density at radius 3 is 1.58 bits per heavy atom. The number of aliphatic hydroxyl groups is 2. The summed E-state index contributed by atoms with van der Waals surface area (Å²) in [6.45, 7) is 8.66. The minimum absolute atomic E-state index is 0.0121. The van der Waals surface area contributed by atoms with Crippen LogP contribution in [0.1, 0.15) is 52.2 Å². The van der Waals surface area contributed by atoms with Crippen molar-refractivity contribution >= 4 is 17.3 Å². The summed E-state index contributed by atoms with van der Waals surface area (Å²) in [5.41, 5.74) is 1.84. The molecule has 0 saturated carbocycles. The van der Waals surface area contributed by atoms with Crippen LogP contribution in [0.5, 0.6) is 11.5 Å². The van der Waals surface area contributed by atoms with Crippen molar-refractivity contribution in [2.24, 2.45) is 11.8 Å². The van der Waals surface area contributed by atoms with E-state index >= 15 is 0 Å². The molecule has 208 valence electrons. The molecule has 2 N–H and O–H groups in total. The third-order valence-corrected chi connectivity index (χ3v) is 6.58. The molecule has 8 nitrogen and oxygen atoms in total. The van der Waals surface area contributed by atoms with E-state index in [2.05, 4.69) is 13.8 Å². The van der Waals surface area contributed by atoms with Gasteiger partial charge in [0, 0.05) is 11.8 Å². The molecule has 0 aliphatic carbocycles. The van der Waals surface area contributed by atoms with E-state index in [0.29, 0.717) is 11.5 Å². The van der Waals surface area contributed by atoms with Crippen molar-refractivity contribution in [3.05, 3.63) is 59.7 Å². The van der Waals surface area contributed by atoms with Crippen molar-refractivity contribution < 1.29 is 38.8 Å². The van der Waals surface area contributed by atoms with Gasteiger partial charge in [-0.2, -0.15) is 0 Å². The van der Waals surface area contributed by atoms with E-state index < -0.39 is 17.9 Å². The van der Waals surface area contributed by atoms with Gasteiger partial charge in [0.15, 0.2) is 0 Å². The fourth-order valence-corrected chi connectivity index (χ4v) is 3.81. The van der Waals surface area contributed by atoms with Crippen molar-refractivity contribution in [3.8, 4) is 11.5 Å². The molecule has 38 heavy (non-hydrogen) atoms. The first-order valence-corrected chi connectivity index (χ1v) is 12.8. The fraction of sp³-hybridized carbons (Fsp3) is 0.500. The van der Waals surface area contributed by atoms with Crippen LogP contribution in [0, 0.1) is 11.8 Å². The highest BCUT2D eigenvalue weighted by molar-refractivity contribution is 5.79. The first-order valence-electron chi connectivity index (χ1n) is 12.8. The largest absolute Gasteiger partial charge is 0.493 e. The lowest BCUT2D eigenvalue weighted by Crippen LogP contribution is -2.27. The van der Waals surface area contributed by atoms with Crippen molar-refractivity contribution in [2.75, 3.05) is 33.0 Å². The van der Waals surface area contributed by atoms with Crippen LogP contribution in [0.15, 0.2) is 48.5 Å². The normalized spacial score (nSPS) is 13.9. The number of ether oxygens (including phenoxy) is 3. The van der Waals surface area contributed by atoms with Gasteiger partial charge in [-0.25, -0.2) is 0 Å². The van der Waals surface area contributed by atoms with Crippen LogP contribution < -0.4 is 9.47 Å². The summed E-state index contributed by atoms with van der Waals surface area (Å²) in [6, 6.07) is 15.3. The summed E-state index contributed by atoms with van der Waals surface area (Å²) in [7, 11) is 0. The van der Waals surface area contributed by atoms with E-state index in [9.17, 15) is 24.6 Å². The van der Waals surface area contributed by atoms with E-state index in [1.807, 2.05) is 48.5 Å². The van der Waals surface area contributed by atoms with Crippen molar-refractivity contribution in [1.29, 1.82) is 0 Å². The molecule has 3 atom stereocenters. The lowest BCUT2D eigenvalue weighted by Gasteiger charge is -2.26. The minimum Gasteiger partial charge on any atom is -0.493 e. The van der Waals surface area contributed by atoms with Crippen molar-refractivity contribution in [1.82, 2.24) is 0 Å². The second-order valence-corrected chi connectivity index (χ2v) is 10.2. The van der Waals surface area contributed by atoms with Gasteiger partial charge < -0.3 is 24.4 Å². The topological polar surface area (TPSA) is 119 Å². The molecule has 0 bridgehead atoms. The van der Waals surface area contributed by atoms with E-state index in [-0.39, 0.29) is 62.2 Å². The summed E-state index contributed by atoms with van der Waals surface area (Å²) >= 11 is 0. The highest BCUT2D eigenvalue weighted by atomic mass is 16.5. The molecule has 0 saturated heterocycles. The predicted octanol–water partition coefficient (Wildman–Crippen LogP) is 3.53. The Morgan fingerprint density at radius 2 is 1.18 bits per heavy atom. The molecule has 2 aromatic rings. The molecule has 0 spiro atoms. The number of carbonyl (C=O) groups is 3. The number of aliphatic hydroxyl groups excluding tert-OH is 2. The van der Waals surface area contributed by atoms with Crippen molar-refractivity contribution in [3.63, 3.8) is 0 Å². The van der Waals surface area contributed by atoms with Gasteiger partial charge in [-0.1, -0.05) is 38.1 Å². The Kier molecular flexibility index (Phi) is 12.1. The maximum Gasteiger partial charge on any atom is 0.138 e. The molecule has 0 aromatic heterocycles. The maximum absolute atomic E-state index is 12.0. The van der Waals surface area contributed by atoms with Crippen LogP contribution in [-0.2, 0) is 24.5 Å². The molecule has 0 aliphatic rings. The lowest BCUT2D eigenvalue weighted by molar-refractivity contribution is -0.125. The predicted molar refractivity (Wildman–Crippen MR) is 144 cm³/mol. The monoisotopic (exact) mass is 528 g/mol. The molecule has 0 heterocycles. The number of carbonyl (C=O) groups excluding carboxylic acids is 3. The van der Waals surface area contributed by atoms with E-state index in [0.717, 1.165) is 11.1 Å². The second kappa shape index (κ2) is 14.8. The quantitative estimate of drug-likeness (QED) is 0.320. The smallest absolute Gasteiger partial charge is 0.138 e. The van der Waals surface area contributed by atoms with Gasteiger partial charge >= 0.3 is 0 Å². The molecule has 3 unspecified atom stereocenters. The average Bonchev–Trinajstić information content (AvgIpc) is 2.86. The number of ketones is 3. The summed E-state index contributed by atoms with van der Waals surface area (Å²) in [5, 5.41) is 19.0. The number of hydrogen-bond acceptors (Lipinski definition) is 8. The Bertz CT molecular complexity index is 1040. The summed E-state index contributed by atoms with van der Waals surface area (Å²) in [5.74, 6) is -0.0721. The molecule has 0 fully saturated rings. The zero-order valence-electron chi connectivity index (χ0n) is 22.9. The van der Waals surface area contributed by atoms with Crippen LogP contribution >= 0.6 is 0 Å². The van der Waals surface area contributed by atoms with Crippen LogP contribution in [0.4, 0.5) is 0 Å². The standard InChI is InChI=1S/C30H40O8/c1-20(32)14-27(35)19-36-16-24(22(3)34)18-38-29-12-8-26(9-13-29)30(4,5)25-6-10-28(11-7-25)37-17-23(15-31)21(2)33/h6-13,23-24,27,31,35H,14-19H2,1-5H3. The molecule has 0 aliphatic heterocycles. The molecular weight excluding hydrogens is 488 g/mol. The Balaban J connectivity index is 1.94. The first kappa shape index (κ1) is 31.1. The molecule has 0 amide bonds. The van der Waals surface area contributed by atoms with Crippen LogP contribution in [0.2, 0.25) is 0 Å². The van der Waals surface area contributed by atoms with Gasteiger partial charge in [0.2, 0.25) is 0 Å². The third-order valence-electron chi connectivity index (χ3n) is 6.58. The summed E-state index contributed by atoms with van der Waals surface area (Å²) in [4.78, 5) is 34.5. The average molecular weight is 529 g/mol. The highest BCUT2D eigenvalue weighted by Gasteiger charge is 2.24. The number of benzene rings is 2. The van der Waals surface area contributed by atoms with Gasteiger partial charge in [0.25, 0.3) is 0 Å². The van der Waals surface area contributed by atoms with E-state index in [4.69, 9.17) is 14.2 Å². The number of Topliss-reactive ketones (excluding diaryl/α,β-unsaturated/α-hetero) is 3. The Morgan fingerprint density at radius 1 is 0.737 bits per heavy atom. The van der Waals surface area contributed by atoms with Gasteiger partial charge in [-0.05, 0) is 56.2 Å². The molecule has 2 rings (SSSR count). The second-order valence-electron chi connectivity index (χ2n) is 10.2. The Labute approximate surface area is 224 Å². The molecule has 0 radical (unpaired) electrons. The van der Waals surface area contributed by atoms with Crippen LogP contribution in [-0.4, -0.2) is 66.7 Å². The zero-order valence-corrected chi connectivity index (χ0v) is 22.9. The van der Waals surface area contributed by atoms with Gasteiger partial charge in [-0.15, -0.1) is 0 Å². The van der Waals surface area contributed by atoms with Crippen molar-refractivity contribution in [2.45, 2.75) is 52.6 Å². The summed E-state index contributed by atoms with van der Waals surface area (Å²) < 4.78 is 16.9. The fourth-order valence-electron chi connectivity index (χ4n) is 3.81. The molecule has 8 heteroatoms. The van der Waals surface area contributed by atoms with Gasteiger partial charge in [-0.3, -0.25) is 14.4 Å². The first-order chi connectivity index (χ1) is 17.9. The van der Waals surface area contributed by atoms with Gasteiger partial charge in [0.05, 0.1) is 37.8 Å². The zero-order chi connectivity index (χ0) is 28.3. The third kappa shape index (κ3) is 9.67. The Hall–Kier alpha value is -3.07. The SMILES string of the molecule is CC(=O)CC(O)COCC(COc1ccc(C(C)(C)c2ccc(OCC(CO)C(C)=O)cc2)cc1)C(C)=O. The minimum atomic E-state index is -0.883. The number of hydrogen-bond donors (Lipinski definition) is 2. The molecule has 2 aromatic carbocycles. The van der Waals surface area contributed by atoms with Gasteiger partial charge in [0.1, 0.15) is 42.1 Å². The maximum atomic E-state index is 12.0. The van der Waals surface area contributed by atoms with E-state index in [1.165, 1.54) is 20.8 Å². The van der Waals surface area contributed by atoms with E-state index in [1.54, 1.807) is 0 Å². The summed E-state index contributed by atoms with van der Waals surface area (Å²) in [6.07, 6.45) is -0.861. The lowest BCUT2D eigenvalue weighted by atomic mass is 9.78. The number of rotatable bonds is 17. The van der Waals surface area contributed by atoms with Crippen LogP contribution in [0.25, 0.3) is 0 Å². The highest BCUT2D eigenvalue weighted by Crippen LogP contribution is 2.33. The van der Waals surface area contributed by atoms with Crippen LogP contribution in [0.3, 0.4) is 0 Å². The molecular formula is C30H40O8.